The average Bonchev–Trinajstić information content (AvgIpc) is 2.38. The molecule has 118 valence electrons. The zero-order chi connectivity index (χ0) is 15.5. The second kappa shape index (κ2) is 6.57. The monoisotopic (exact) mass is 303 g/mol. The number of aromatic nitrogens is 2. The van der Waals surface area contributed by atoms with Gasteiger partial charge in [-0.15, -0.1) is 0 Å². The Morgan fingerprint density at radius 1 is 1.19 bits per heavy atom. The van der Waals surface area contributed by atoms with E-state index in [1.165, 1.54) is 4.90 Å². The Balaban J connectivity index is 1.87. The molecule has 1 fully saturated rings. The quantitative estimate of drug-likeness (QED) is 0.901. The van der Waals surface area contributed by atoms with Gasteiger partial charge in [-0.3, -0.25) is 4.90 Å². The molecule has 0 aromatic carbocycles. The minimum atomic E-state index is -4.14. The molecule has 0 amide bonds. The van der Waals surface area contributed by atoms with E-state index in [1.54, 1.807) is 12.4 Å². The number of hydrogen-bond acceptors (Lipinski definition) is 5. The molecule has 0 radical (unpaired) electrons. The predicted molar refractivity (Wildman–Crippen MR) is 74.1 cm³/mol. The zero-order valence-corrected chi connectivity index (χ0v) is 12.0. The van der Waals surface area contributed by atoms with E-state index >= 15 is 0 Å². The minimum absolute atomic E-state index is 0.0466. The lowest BCUT2D eigenvalue weighted by Gasteiger charge is -2.34. The first-order chi connectivity index (χ1) is 9.83. The third kappa shape index (κ3) is 5.13. The summed E-state index contributed by atoms with van der Waals surface area (Å²) in [5.74, 6) is 0.565. The van der Waals surface area contributed by atoms with Crippen molar-refractivity contribution < 1.29 is 13.2 Å². The molecule has 0 spiro atoms. The summed E-state index contributed by atoms with van der Waals surface area (Å²) in [5.41, 5.74) is 6.67. The first-order valence-electron chi connectivity index (χ1n) is 6.94. The average molecular weight is 303 g/mol. The first kappa shape index (κ1) is 16.0. The molecule has 1 aliphatic heterocycles. The van der Waals surface area contributed by atoms with E-state index in [4.69, 9.17) is 5.73 Å². The van der Waals surface area contributed by atoms with Crippen LogP contribution in [-0.4, -0.2) is 59.8 Å². The number of nitrogens with two attached hydrogens (primary N) is 1. The fraction of sp³-hybridized carbons (Fsp3) is 0.692. The summed E-state index contributed by atoms with van der Waals surface area (Å²) in [4.78, 5) is 11.9. The van der Waals surface area contributed by atoms with E-state index in [1.807, 2.05) is 11.8 Å². The molecule has 1 saturated heterocycles. The van der Waals surface area contributed by atoms with Crippen molar-refractivity contribution in [1.82, 2.24) is 14.9 Å². The molecule has 0 aliphatic carbocycles. The largest absolute Gasteiger partial charge is 0.401 e. The fourth-order valence-electron chi connectivity index (χ4n) is 2.35. The lowest BCUT2D eigenvalue weighted by molar-refractivity contribution is -0.146. The van der Waals surface area contributed by atoms with Crippen LogP contribution < -0.4 is 10.6 Å². The van der Waals surface area contributed by atoms with Gasteiger partial charge in [0.2, 0.25) is 5.95 Å². The van der Waals surface area contributed by atoms with Crippen molar-refractivity contribution in [2.45, 2.75) is 25.6 Å². The number of nitrogens with zero attached hydrogens (tertiary/aromatic N) is 4. The molecule has 0 saturated carbocycles. The summed E-state index contributed by atoms with van der Waals surface area (Å²) in [6.07, 6.45) is 0.0282. The molecule has 1 aliphatic rings. The lowest BCUT2D eigenvalue weighted by atomic mass is 10.1. The van der Waals surface area contributed by atoms with Gasteiger partial charge in [0.05, 0.1) is 6.54 Å². The van der Waals surface area contributed by atoms with Crippen molar-refractivity contribution in [3.8, 4) is 0 Å². The number of piperazine rings is 1. The number of hydrogen-bond donors (Lipinski definition) is 1. The van der Waals surface area contributed by atoms with Crippen molar-refractivity contribution in [3.05, 3.63) is 18.0 Å². The van der Waals surface area contributed by atoms with Gasteiger partial charge in [-0.2, -0.15) is 13.2 Å². The van der Waals surface area contributed by atoms with Gasteiger partial charge < -0.3 is 10.6 Å². The molecule has 5 nitrogen and oxygen atoms in total. The van der Waals surface area contributed by atoms with Gasteiger partial charge >= 0.3 is 6.18 Å². The molecule has 1 aromatic rings. The highest BCUT2D eigenvalue weighted by Gasteiger charge is 2.32. The molecule has 8 heteroatoms. The third-order valence-electron chi connectivity index (χ3n) is 3.31. The Bertz CT molecular complexity index is 438. The van der Waals surface area contributed by atoms with E-state index in [2.05, 4.69) is 9.97 Å². The summed E-state index contributed by atoms with van der Waals surface area (Å²) in [7, 11) is 0. The van der Waals surface area contributed by atoms with Crippen LogP contribution in [0, 0.1) is 0 Å². The number of anilines is 1. The molecule has 1 atom stereocenters. The summed E-state index contributed by atoms with van der Waals surface area (Å²) in [6, 6.07) is 0.0466. The summed E-state index contributed by atoms with van der Waals surface area (Å²) >= 11 is 0. The van der Waals surface area contributed by atoms with E-state index < -0.39 is 12.7 Å². The van der Waals surface area contributed by atoms with Crippen LogP contribution in [0.4, 0.5) is 19.1 Å². The molecule has 1 aromatic heterocycles. The molecular formula is C13H20F3N5. The van der Waals surface area contributed by atoms with Gasteiger partial charge in [0, 0.05) is 44.6 Å². The molecule has 0 bridgehead atoms. The minimum Gasteiger partial charge on any atom is -0.338 e. The second-order valence-corrected chi connectivity index (χ2v) is 5.45. The lowest BCUT2D eigenvalue weighted by Crippen LogP contribution is -2.49. The highest BCUT2D eigenvalue weighted by atomic mass is 19.4. The Hall–Kier alpha value is -1.41. The van der Waals surface area contributed by atoms with E-state index in [9.17, 15) is 13.2 Å². The standard InChI is InChI=1S/C13H20F3N5/c1-10(17)6-11-7-18-12(19-8-11)21-4-2-20(3-5-21)9-13(14,15)16/h7-8,10H,2-6,9,17H2,1H3. The van der Waals surface area contributed by atoms with Gasteiger partial charge in [0.25, 0.3) is 0 Å². The maximum atomic E-state index is 12.3. The van der Waals surface area contributed by atoms with Crippen LogP contribution in [0.25, 0.3) is 0 Å². The zero-order valence-electron chi connectivity index (χ0n) is 12.0. The molecule has 2 heterocycles. The van der Waals surface area contributed by atoms with Crippen LogP contribution in [0.1, 0.15) is 12.5 Å². The maximum Gasteiger partial charge on any atom is 0.401 e. The Morgan fingerprint density at radius 3 is 2.24 bits per heavy atom. The summed E-state index contributed by atoms with van der Waals surface area (Å²) in [6.45, 7) is 2.79. The van der Waals surface area contributed by atoms with Gasteiger partial charge in [-0.25, -0.2) is 9.97 Å². The normalized spacial score (nSPS) is 18.8. The smallest absolute Gasteiger partial charge is 0.338 e. The summed E-state index contributed by atoms with van der Waals surface area (Å²) < 4.78 is 37.0. The highest BCUT2D eigenvalue weighted by Crippen LogP contribution is 2.18. The van der Waals surface area contributed by atoms with Gasteiger partial charge in [0.15, 0.2) is 0 Å². The van der Waals surface area contributed by atoms with Crippen molar-refractivity contribution in [2.24, 2.45) is 5.73 Å². The van der Waals surface area contributed by atoms with Gasteiger partial charge in [-0.05, 0) is 18.9 Å². The van der Waals surface area contributed by atoms with Crippen LogP contribution in [0.3, 0.4) is 0 Å². The predicted octanol–water partition coefficient (Wildman–Crippen LogP) is 1.05. The molecule has 2 N–H and O–H groups in total. The van der Waals surface area contributed by atoms with Gasteiger partial charge in [0.1, 0.15) is 0 Å². The molecule has 1 unspecified atom stereocenters. The second-order valence-electron chi connectivity index (χ2n) is 5.45. The number of alkyl halides is 3. The first-order valence-corrected chi connectivity index (χ1v) is 6.94. The topological polar surface area (TPSA) is 58.3 Å². The molecular weight excluding hydrogens is 283 g/mol. The molecule has 21 heavy (non-hydrogen) atoms. The van der Waals surface area contributed by atoms with E-state index in [-0.39, 0.29) is 6.04 Å². The highest BCUT2D eigenvalue weighted by molar-refractivity contribution is 5.30. The Morgan fingerprint density at radius 2 is 1.76 bits per heavy atom. The molecule has 2 rings (SSSR count). The van der Waals surface area contributed by atoms with E-state index in [0.717, 1.165) is 5.56 Å². The van der Waals surface area contributed by atoms with E-state index in [0.29, 0.717) is 38.5 Å². The van der Waals surface area contributed by atoms with Crippen molar-refractivity contribution in [3.63, 3.8) is 0 Å². The fourth-order valence-corrected chi connectivity index (χ4v) is 2.35. The van der Waals surface area contributed by atoms with Crippen LogP contribution in [0.5, 0.6) is 0 Å². The van der Waals surface area contributed by atoms with Crippen molar-refractivity contribution in [2.75, 3.05) is 37.6 Å². The van der Waals surface area contributed by atoms with Crippen LogP contribution in [0.15, 0.2) is 12.4 Å². The number of rotatable bonds is 4. The van der Waals surface area contributed by atoms with Crippen LogP contribution in [0.2, 0.25) is 0 Å². The Kier molecular flexibility index (Phi) is 5.00. The van der Waals surface area contributed by atoms with Crippen LogP contribution >= 0.6 is 0 Å². The van der Waals surface area contributed by atoms with Crippen LogP contribution in [-0.2, 0) is 6.42 Å². The van der Waals surface area contributed by atoms with Crippen molar-refractivity contribution >= 4 is 5.95 Å². The third-order valence-corrected chi connectivity index (χ3v) is 3.31. The maximum absolute atomic E-state index is 12.3. The summed E-state index contributed by atoms with van der Waals surface area (Å²) in [5, 5.41) is 0. The van der Waals surface area contributed by atoms with Crippen molar-refractivity contribution in [1.29, 1.82) is 0 Å². The van der Waals surface area contributed by atoms with Gasteiger partial charge in [-0.1, -0.05) is 0 Å². The SMILES string of the molecule is CC(N)Cc1cnc(N2CCN(CC(F)(F)F)CC2)nc1. The Labute approximate surface area is 122 Å². The number of halogens is 3.